The maximum Gasteiger partial charge on any atom is 0.0368 e. The van der Waals surface area contributed by atoms with E-state index in [0.29, 0.717) is 0 Å². The lowest BCUT2D eigenvalue weighted by Gasteiger charge is -2.36. The van der Waals surface area contributed by atoms with Gasteiger partial charge in [-0.15, -0.1) is 0 Å². The van der Waals surface area contributed by atoms with Gasteiger partial charge < -0.3 is 4.90 Å². The summed E-state index contributed by atoms with van der Waals surface area (Å²) >= 11 is 0. The molecule has 1 heteroatoms. The maximum atomic E-state index is 2.64. The highest BCUT2D eigenvalue weighted by Gasteiger charge is 2.21. The first-order valence-corrected chi connectivity index (χ1v) is 8.29. The lowest BCUT2D eigenvalue weighted by atomic mass is 9.93. The molecule has 110 valence electrons. The van der Waals surface area contributed by atoms with E-state index in [4.69, 9.17) is 0 Å². The summed E-state index contributed by atoms with van der Waals surface area (Å²) in [5.74, 6) is 0. The van der Waals surface area contributed by atoms with E-state index in [1.807, 2.05) is 0 Å². The zero-order valence-corrected chi connectivity index (χ0v) is 12.7. The van der Waals surface area contributed by atoms with E-state index in [-0.39, 0.29) is 0 Å². The van der Waals surface area contributed by atoms with Crippen molar-refractivity contribution in [1.29, 1.82) is 0 Å². The van der Waals surface area contributed by atoms with Gasteiger partial charge in [-0.1, -0.05) is 67.8 Å². The van der Waals surface area contributed by atoms with Crippen LogP contribution in [0.15, 0.2) is 60.7 Å². The largest absolute Gasteiger partial charge is 0.368 e. The van der Waals surface area contributed by atoms with Crippen LogP contribution in [0.4, 0.5) is 5.69 Å². The molecule has 0 aliphatic heterocycles. The Morgan fingerprint density at radius 3 is 2.05 bits per heavy atom. The lowest BCUT2D eigenvalue weighted by Crippen LogP contribution is -2.38. The van der Waals surface area contributed by atoms with E-state index >= 15 is 0 Å². The predicted octanol–water partition coefficient (Wildman–Crippen LogP) is 5.07. The van der Waals surface area contributed by atoms with Gasteiger partial charge >= 0.3 is 0 Å². The van der Waals surface area contributed by atoms with E-state index in [9.17, 15) is 0 Å². The van der Waals surface area contributed by atoms with Gasteiger partial charge in [-0.25, -0.2) is 0 Å². The molecule has 1 aliphatic rings. The SMILES string of the molecule is c1ccc(CCN(c2ccccc2)C2CCCCC2)cc1. The van der Waals surface area contributed by atoms with Crippen molar-refractivity contribution in [3.05, 3.63) is 66.2 Å². The van der Waals surface area contributed by atoms with Crippen molar-refractivity contribution in [3.8, 4) is 0 Å². The highest BCUT2D eigenvalue weighted by molar-refractivity contribution is 5.47. The Morgan fingerprint density at radius 1 is 0.762 bits per heavy atom. The van der Waals surface area contributed by atoms with Crippen LogP contribution in [-0.4, -0.2) is 12.6 Å². The minimum atomic E-state index is 0.727. The van der Waals surface area contributed by atoms with Gasteiger partial charge in [-0.2, -0.15) is 0 Å². The van der Waals surface area contributed by atoms with Gasteiger partial charge in [-0.3, -0.25) is 0 Å². The first kappa shape index (κ1) is 14.2. The van der Waals surface area contributed by atoms with Crippen molar-refractivity contribution in [2.24, 2.45) is 0 Å². The molecule has 21 heavy (non-hydrogen) atoms. The number of rotatable bonds is 5. The van der Waals surface area contributed by atoms with Crippen molar-refractivity contribution in [1.82, 2.24) is 0 Å². The predicted molar refractivity (Wildman–Crippen MR) is 90.8 cm³/mol. The van der Waals surface area contributed by atoms with Crippen LogP contribution in [0.1, 0.15) is 37.7 Å². The second-order valence-corrected chi connectivity index (χ2v) is 6.06. The van der Waals surface area contributed by atoms with Crippen molar-refractivity contribution in [2.75, 3.05) is 11.4 Å². The molecule has 0 unspecified atom stereocenters. The molecule has 0 atom stereocenters. The lowest BCUT2D eigenvalue weighted by molar-refractivity contribution is 0.415. The molecule has 1 aliphatic carbocycles. The molecule has 1 fully saturated rings. The molecular formula is C20H25N. The molecule has 0 spiro atoms. The second kappa shape index (κ2) is 7.31. The number of benzene rings is 2. The average molecular weight is 279 g/mol. The Bertz CT molecular complexity index is 514. The molecule has 0 saturated heterocycles. The summed E-state index contributed by atoms with van der Waals surface area (Å²) in [5, 5.41) is 0. The third-order valence-electron chi connectivity index (χ3n) is 4.59. The molecule has 2 aromatic carbocycles. The minimum absolute atomic E-state index is 0.727. The van der Waals surface area contributed by atoms with Crippen LogP contribution in [0, 0.1) is 0 Å². The Hall–Kier alpha value is -1.76. The summed E-state index contributed by atoms with van der Waals surface area (Å²) in [6.07, 6.45) is 8.02. The topological polar surface area (TPSA) is 3.24 Å². The van der Waals surface area contributed by atoms with Gasteiger partial charge in [-0.05, 0) is 37.0 Å². The van der Waals surface area contributed by atoms with Crippen molar-refractivity contribution >= 4 is 5.69 Å². The van der Waals surface area contributed by atoms with Gasteiger partial charge in [0.25, 0.3) is 0 Å². The van der Waals surface area contributed by atoms with Crippen LogP contribution in [-0.2, 0) is 6.42 Å². The van der Waals surface area contributed by atoms with E-state index in [1.54, 1.807) is 0 Å². The van der Waals surface area contributed by atoms with Gasteiger partial charge in [0.1, 0.15) is 0 Å². The average Bonchev–Trinajstić information content (AvgIpc) is 2.58. The summed E-state index contributed by atoms with van der Waals surface area (Å²) in [4.78, 5) is 2.64. The molecule has 0 aromatic heterocycles. The van der Waals surface area contributed by atoms with Gasteiger partial charge in [0, 0.05) is 18.3 Å². The molecule has 0 N–H and O–H groups in total. The molecule has 0 amide bonds. The Balaban J connectivity index is 1.72. The summed E-state index contributed by atoms with van der Waals surface area (Å²) in [6, 6.07) is 22.5. The highest BCUT2D eigenvalue weighted by Crippen LogP contribution is 2.27. The molecule has 2 aromatic rings. The van der Waals surface area contributed by atoms with Crippen LogP contribution in [0.25, 0.3) is 0 Å². The molecule has 0 bridgehead atoms. The van der Waals surface area contributed by atoms with Crippen LogP contribution in [0.5, 0.6) is 0 Å². The first-order valence-electron chi connectivity index (χ1n) is 8.29. The number of para-hydroxylation sites is 1. The fourth-order valence-electron chi connectivity index (χ4n) is 3.43. The monoisotopic (exact) mass is 279 g/mol. The van der Waals surface area contributed by atoms with E-state index in [2.05, 4.69) is 65.6 Å². The zero-order valence-electron chi connectivity index (χ0n) is 12.7. The molecule has 1 saturated carbocycles. The third kappa shape index (κ3) is 3.87. The molecule has 3 rings (SSSR count). The highest BCUT2D eigenvalue weighted by atomic mass is 15.2. The molecular weight excluding hydrogens is 254 g/mol. The van der Waals surface area contributed by atoms with Gasteiger partial charge in [0.15, 0.2) is 0 Å². The fraction of sp³-hybridized carbons (Fsp3) is 0.400. The third-order valence-corrected chi connectivity index (χ3v) is 4.59. The van der Waals surface area contributed by atoms with Crippen molar-refractivity contribution in [2.45, 2.75) is 44.6 Å². The van der Waals surface area contributed by atoms with E-state index in [0.717, 1.165) is 19.0 Å². The number of nitrogens with zero attached hydrogens (tertiary/aromatic N) is 1. The van der Waals surface area contributed by atoms with E-state index in [1.165, 1.54) is 43.4 Å². The standard InChI is InChI=1S/C20H25N/c1-4-10-18(11-5-1)16-17-21(19-12-6-2-7-13-19)20-14-8-3-9-15-20/h1-2,4-7,10-13,20H,3,8-9,14-17H2. The second-order valence-electron chi connectivity index (χ2n) is 6.06. The summed E-state index contributed by atoms with van der Waals surface area (Å²) in [7, 11) is 0. The molecule has 0 radical (unpaired) electrons. The summed E-state index contributed by atoms with van der Waals surface area (Å²) in [6.45, 7) is 1.12. The quantitative estimate of drug-likeness (QED) is 0.738. The van der Waals surface area contributed by atoms with Crippen LogP contribution >= 0.6 is 0 Å². The molecule has 1 nitrogen and oxygen atoms in total. The van der Waals surface area contributed by atoms with Crippen molar-refractivity contribution < 1.29 is 0 Å². The Labute approximate surface area is 128 Å². The Morgan fingerprint density at radius 2 is 1.38 bits per heavy atom. The van der Waals surface area contributed by atoms with Gasteiger partial charge in [0.05, 0.1) is 0 Å². The minimum Gasteiger partial charge on any atom is -0.368 e. The number of anilines is 1. The van der Waals surface area contributed by atoms with Crippen LogP contribution in [0.2, 0.25) is 0 Å². The number of hydrogen-bond acceptors (Lipinski definition) is 1. The first-order chi connectivity index (χ1) is 10.4. The summed E-state index contributed by atoms with van der Waals surface area (Å²) < 4.78 is 0. The summed E-state index contributed by atoms with van der Waals surface area (Å²) in [5.41, 5.74) is 2.83. The fourth-order valence-corrected chi connectivity index (χ4v) is 3.43. The molecule has 0 heterocycles. The Kier molecular flexibility index (Phi) is 4.94. The zero-order chi connectivity index (χ0) is 14.3. The van der Waals surface area contributed by atoms with Gasteiger partial charge in [0.2, 0.25) is 0 Å². The van der Waals surface area contributed by atoms with Crippen molar-refractivity contribution in [3.63, 3.8) is 0 Å². The number of hydrogen-bond donors (Lipinski definition) is 0. The maximum absolute atomic E-state index is 2.64. The normalized spacial score (nSPS) is 15.8. The van der Waals surface area contributed by atoms with Crippen LogP contribution < -0.4 is 4.90 Å². The van der Waals surface area contributed by atoms with Crippen LogP contribution in [0.3, 0.4) is 0 Å². The van der Waals surface area contributed by atoms with E-state index < -0.39 is 0 Å². The smallest absolute Gasteiger partial charge is 0.0368 e.